The Kier molecular flexibility index (Phi) is 8.03. The molecule has 1 aromatic carbocycles. The Morgan fingerprint density at radius 1 is 1.11 bits per heavy atom. The first-order valence-electron chi connectivity index (χ1n) is 7.29. The van der Waals surface area contributed by atoms with Crippen molar-refractivity contribution in [3.8, 4) is 0 Å². The molecule has 0 saturated heterocycles. The number of hydrogen-bond donors (Lipinski definition) is 1. The maximum Gasteiger partial charge on any atom is 0.0342 e. The lowest BCUT2D eigenvalue weighted by Gasteiger charge is -2.18. The quantitative estimate of drug-likeness (QED) is 0.429. The van der Waals surface area contributed by atoms with E-state index in [1.807, 2.05) is 6.08 Å². The number of para-hydroxylation sites is 1. The largest absolute Gasteiger partial charge is 0.382 e. The highest BCUT2D eigenvalue weighted by atomic mass is 14.9. The molecule has 1 atom stereocenters. The van der Waals surface area contributed by atoms with Crippen molar-refractivity contribution in [2.45, 2.75) is 57.9 Å². The van der Waals surface area contributed by atoms with Crippen LogP contribution in [0.2, 0.25) is 0 Å². The Hall–Kier alpha value is -1.24. The SMILES string of the molecule is C=CCC(CCCCCCC)Nc1ccccc1. The van der Waals surface area contributed by atoms with E-state index < -0.39 is 0 Å². The first-order valence-corrected chi connectivity index (χ1v) is 7.29. The maximum absolute atomic E-state index is 3.86. The van der Waals surface area contributed by atoms with Gasteiger partial charge in [0.15, 0.2) is 0 Å². The minimum absolute atomic E-state index is 0.534. The molecule has 1 N–H and O–H groups in total. The molecule has 0 aliphatic carbocycles. The van der Waals surface area contributed by atoms with Crippen LogP contribution in [-0.2, 0) is 0 Å². The second kappa shape index (κ2) is 9.76. The molecule has 0 heterocycles. The van der Waals surface area contributed by atoms with Crippen LogP contribution < -0.4 is 5.32 Å². The second-order valence-electron chi connectivity index (χ2n) is 4.93. The normalized spacial score (nSPS) is 12.1. The number of benzene rings is 1. The summed E-state index contributed by atoms with van der Waals surface area (Å²) >= 11 is 0. The number of hydrogen-bond acceptors (Lipinski definition) is 1. The predicted molar refractivity (Wildman–Crippen MR) is 82.0 cm³/mol. The van der Waals surface area contributed by atoms with Crippen LogP contribution in [0.1, 0.15) is 51.9 Å². The van der Waals surface area contributed by atoms with Gasteiger partial charge in [0.2, 0.25) is 0 Å². The van der Waals surface area contributed by atoms with E-state index in [-0.39, 0.29) is 0 Å². The van der Waals surface area contributed by atoms with Gasteiger partial charge in [0.1, 0.15) is 0 Å². The lowest BCUT2D eigenvalue weighted by atomic mass is 10.0. The van der Waals surface area contributed by atoms with Gasteiger partial charge < -0.3 is 5.32 Å². The molecule has 0 bridgehead atoms. The van der Waals surface area contributed by atoms with Crippen LogP contribution >= 0.6 is 0 Å². The third kappa shape index (κ3) is 6.48. The van der Waals surface area contributed by atoms with Crippen LogP contribution in [-0.4, -0.2) is 6.04 Å². The highest BCUT2D eigenvalue weighted by Gasteiger charge is 2.06. The number of anilines is 1. The van der Waals surface area contributed by atoms with Crippen molar-refractivity contribution in [1.82, 2.24) is 0 Å². The van der Waals surface area contributed by atoms with E-state index in [0.717, 1.165) is 6.42 Å². The summed E-state index contributed by atoms with van der Waals surface area (Å²) in [6.07, 6.45) is 11.1. The van der Waals surface area contributed by atoms with E-state index in [2.05, 4.69) is 49.2 Å². The molecule has 1 heteroatoms. The van der Waals surface area contributed by atoms with Gasteiger partial charge in [0.05, 0.1) is 0 Å². The smallest absolute Gasteiger partial charge is 0.0342 e. The van der Waals surface area contributed by atoms with Crippen molar-refractivity contribution in [2.75, 3.05) is 5.32 Å². The summed E-state index contributed by atoms with van der Waals surface area (Å²) in [4.78, 5) is 0. The number of nitrogens with one attached hydrogen (secondary N) is 1. The molecule has 18 heavy (non-hydrogen) atoms. The van der Waals surface area contributed by atoms with Crippen molar-refractivity contribution < 1.29 is 0 Å². The lowest BCUT2D eigenvalue weighted by molar-refractivity contribution is 0.562. The summed E-state index contributed by atoms with van der Waals surface area (Å²) in [6, 6.07) is 11.0. The Morgan fingerprint density at radius 3 is 2.50 bits per heavy atom. The summed E-state index contributed by atoms with van der Waals surface area (Å²) in [5, 5.41) is 3.60. The summed E-state index contributed by atoms with van der Waals surface area (Å²) < 4.78 is 0. The monoisotopic (exact) mass is 245 g/mol. The van der Waals surface area contributed by atoms with E-state index in [4.69, 9.17) is 0 Å². The van der Waals surface area contributed by atoms with E-state index in [1.165, 1.54) is 44.2 Å². The Labute approximate surface area is 112 Å². The molecule has 0 radical (unpaired) electrons. The van der Waals surface area contributed by atoms with E-state index in [9.17, 15) is 0 Å². The van der Waals surface area contributed by atoms with Crippen molar-refractivity contribution in [2.24, 2.45) is 0 Å². The van der Waals surface area contributed by atoms with Gasteiger partial charge >= 0.3 is 0 Å². The molecular formula is C17H27N. The summed E-state index contributed by atoms with van der Waals surface area (Å²) in [5.74, 6) is 0. The van der Waals surface area contributed by atoms with Crippen LogP contribution in [0.15, 0.2) is 43.0 Å². The van der Waals surface area contributed by atoms with Gasteiger partial charge in [-0.25, -0.2) is 0 Å². The molecule has 0 aromatic heterocycles. The number of rotatable bonds is 10. The number of unbranched alkanes of at least 4 members (excludes halogenated alkanes) is 4. The third-order valence-corrected chi connectivity index (χ3v) is 3.25. The van der Waals surface area contributed by atoms with Gasteiger partial charge in [-0.15, -0.1) is 6.58 Å². The zero-order valence-corrected chi connectivity index (χ0v) is 11.7. The van der Waals surface area contributed by atoms with E-state index in [1.54, 1.807) is 0 Å². The minimum atomic E-state index is 0.534. The predicted octanol–water partition coefficient (Wildman–Crippen LogP) is 5.40. The van der Waals surface area contributed by atoms with E-state index in [0.29, 0.717) is 6.04 Å². The molecule has 0 aliphatic rings. The topological polar surface area (TPSA) is 12.0 Å². The van der Waals surface area contributed by atoms with Crippen molar-refractivity contribution in [3.63, 3.8) is 0 Å². The van der Waals surface area contributed by atoms with Gasteiger partial charge in [-0.3, -0.25) is 0 Å². The van der Waals surface area contributed by atoms with Crippen molar-refractivity contribution in [3.05, 3.63) is 43.0 Å². The Bertz CT molecular complexity index is 305. The van der Waals surface area contributed by atoms with Crippen LogP contribution in [0, 0.1) is 0 Å². The minimum Gasteiger partial charge on any atom is -0.382 e. The molecule has 0 amide bonds. The summed E-state index contributed by atoms with van der Waals surface area (Å²) in [5.41, 5.74) is 1.22. The highest BCUT2D eigenvalue weighted by Crippen LogP contribution is 2.15. The van der Waals surface area contributed by atoms with Gasteiger partial charge in [-0.05, 0) is 25.0 Å². The van der Waals surface area contributed by atoms with E-state index >= 15 is 0 Å². The molecule has 100 valence electrons. The second-order valence-corrected chi connectivity index (χ2v) is 4.93. The molecule has 0 saturated carbocycles. The molecule has 0 spiro atoms. The Morgan fingerprint density at radius 2 is 1.83 bits per heavy atom. The molecule has 1 rings (SSSR count). The zero-order chi connectivity index (χ0) is 13.1. The summed E-state index contributed by atoms with van der Waals surface area (Å²) in [6.45, 7) is 6.12. The first kappa shape index (κ1) is 14.8. The highest BCUT2D eigenvalue weighted by molar-refractivity contribution is 5.43. The maximum atomic E-state index is 3.86. The van der Waals surface area contributed by atoms with Crippen LogP contribution in [0.5, 0.6) is 0 Å². The third-order valence-electron chi connectivity index (χ3n) is 3.25. The fraction of sp³-hybridized carbons (Fsp3) is 0.529. The van der Waals surface area contributed by atoms with Crippen molar-refractivity contribution >= 4 is 5.69 Å². The first-order chi connectivity index (χ1) is 8.86. The Balaban J connectivity index is 2.28. The van der Waals surface area contributed by atoms with Gasteiger partial charge in [0.25, 0.3) is 0 Å². The molecule has 0 fully saturated rings. The average Bonchev–Trinajstić information content (AvgIpc) is 2.40. The van der Waals surface area contributed by atoms with Gasteiger partial charge in [0, 0.05) is 11.7 Å². The molecule has 0 aliphatic heterocycles. The van der Waals surface area contributed by atoms with Gasteiger partial charge in [-0.1, -0.05) is 63.3 Å². The average molecular weight is 245 g/mol. The fourth-order valence-electron chi connectivity index (χ4n) is 2.21. The molecular weight excluding hydrogens is 218 g/mol. The lowest BCUT2D eigenvalue weighted by Crippen LogP contribution is -2.18. The molecule has 1 aromatic rings. The molecule has 1 nitrogen and oxygen atoms in total. The van der Waals surface area contributed by atoms with Gasteiger partial charge in [-0.2, -0.15) is 0 Å². The molecule has 1 unspecified atom stereocenters. The van der Waals surface area contributed by atoms with Crippen LogP contribution in [0.4, 0.5) is 5.69 Å². The summed E-state index contributed by atoms with van der Waals surface area (Å²) in [7, 11) is 0. The zero-order valence-electron chi connectivity index (χ0n) is 11.7. The fourth-order valence-corrected chi connectivity index (χ4v) is 2.21. The standard InChI is InChI=1S/C17H27N/c1-3-5-6-7-9-13-16(12-4-2)18-17-14-10-8-11-15-17/h4,8,10-11,14-16,18H,2-3,5-7,9,12-13H2,1H3. The van der Waals surface area contributed by atoms with Crippen LogP contribution in [0.3, 0.4) is 0 Å². The van der Waals surface area contributed by atoms with Crippen molar-refractivity contribution in [1.29, 1.82) is 0 Å². The van der Waals surface area contributed by atoms with Crippen LogP contribution in [0.25, 0.3) is 0 Å².